The van der Waals surface area contributed by atoms with E-state index in [1.807, 2.05) is 13.8 Å². The molecule has 0 radical (unpaired) electrons. The molecule has 0 heterocycles. The molecule has 0 aliphatic rings. The number of halogens is 1. The fourth-order valence-corrected chi connectivity index (χ4v) is 1.18. The second-order valence-corrected chi connectivity index (χ2v) is 5.73. The summed E-state index contributed by atoms with van der Waals surface area (Å²) in [6.45, 7) is 12.3. The van der Waals surface area contributed by atoms with E-state index in [1.54, 1.807) is 0 Å². The van der Waals surface area contributed by atoms with Crippen molar-refractivity contribution in [2.24, 2.45) is 0 Å². The molecule has 0 aromatic carbocycles. The van der Waals surface area contributed by atoms with Crippen LogP contribution >= 0.6 is 0 Å². The second-order valence-electron chi connectivity index (χ2n) is 5.73. The summed E-state index contributed by atoms with van der Waals surface area (Å²) < 4.78 is 0.934. The largest absolute Gasteiger partial charge is 1.00 e. The Morgan fingerprint density at radius 1 is 1.10 bits per heavy atom. The molecule has 6 heteroatoms. The normalized spacial score (nSPS) is 9.62. The summed E-state index contributed by atoms with van der Waals surface area (Å²) in [7, 11) is 6.40. The molecule has 0 fully saturated rings. The number of quaternary nitrogens is 1. The second kappa shape index (κ2) is 13.6. The van der Waals surface area contributed by atoms with Crippen molar-refractivity contribution in [2.75, 3.05) is 34.2 Å². The van der Waals surface area contributed by atoms with Crippen molar-refractivity contribution in [3.05, 3.63) is 25.3 Å². The van der Waals surface area contributed by atoms with Crippen LogP contribution in [0.2, 0.25) is 0 Å². The molecule has 0 saturated carbocycles. The van der Waals surface area contributed by atoms with E-state index in [0.717, 1.165) is 24.0 Å². The van der Waals surface area contributed by atoms with E-state index >= 15 is 0 Å². The Labute approximate surface area is 135 Å². The van der Waals surface area contributed by atoms with Gasteiger partial charge in [0.25, 0.3) is 0 Å². The molecule has 0 aromatic rings. The van der Waals surface area contributed by atoms with E-state index < -0.39 is 0 Å². The molecule has 0 atom stereocenters. The van der Waals surface area contributed by atoms with E-state index in [4.69, 9.17) is 0 Å². The highest BCUT2D eigenvalue weighted by Gasteiger charge is 2.05. The molecule has 0 rings (SSSR count). The Morgan fingerprint density at radius 2 is 1.57 bits per heavy atom. The van der Waals surface area contributed by atoms with Crippen LogP contribution in [0.4, 0.5) is 0 Å². The summed E-state index contributed by atoms with van der Waals surface area (Å²) in [5.41, 5.74) is 0. The minimum atomic E-state index is -0.111. The highest BCUT2D eigenvalue weighted by atomic mass is 35.5. The van der Waals surface area contributed by atoms with E-state index in [2.05, 4.69) is 44.9 Å². The quantitative estimate of drug-likeness (QED) is 0.327. The van der Waals surface area contributed by atoms with Gasteiger partial charge in [0.15, 0.2) is 0 Å². The SMILES string of the molecule is C=CC(=O)NC(C)C.C=CC(=O)NCCC[N+](C)(C)C.[Cl-]. The lowest BCUT2D eigenvalue weighted by molar-refractivity contribution is -0.870. The smallest absolute Gasteiger partial charge is 0.243 e. The summed E-state index contributed by atoms with van der Waals surface area (Å²) in [5, 5.41) is 5.37. The van der Waals surface area contributed by atoms with Gasteiger partial charge in [-0.05, 0) is 26.0 Å². The van der Waals surface area contributed by atoms with Crippen molar-refractivity contribution in [3.8, 4) is 0 Å². The van der Waals surface area contributed by atoms with Crippen molar-refractivity contribution in [2.45, 2.75) is 26.3 Å². The molecule has 2 amide bonds. The molecule has 0 aliphatic carbocycles. The highest BCUT2D eigenvalue weighted by molar-refractivity contribution is 5.87. The number of carbonyl (C=O) groups is 2. The minimum absolute atomic E-state index is 0. The first-order valence-corrected chi connectivity index (χ1v) is 6.76. The minimum Gasteiger partial charge on any atom is -1.00 e. The van der Waals surface area contributed by atoms with Gasteiger partial charge < -0.3 is 27.5 Å². The predicted octanol–water partition coefficient (Wildman–Crippen LogP) is -1.91. The zero-order valence-corrected chi connectivity index (χ0v) is 14.7. The van der Waals surface area contributed by atoms with Gasteiger partial charge in [-0.1, -0.05) is 13.2 Å². The fourth-order valence-electron chi connectivity index (χ4n) is 1.18. The zero-order chi connectivity index (χ0) is 16.2. The van der Waals surface area contributed by atoms with Crippen molar-refractivity contribution >= 4 is 11.8 Å². The van der Waals surface area contributed by atoms with E-state index in [9.17, 15) is 9.59 Å². The Balaban J connectivity index is -0.000000317. The molecule has 5 nitrogen and oxygen atoms in total. The van der Waals surface area contributed by atoms with Gasteiger partial charge in [0, 0.05) is 19.0 Å². The van der Waals surface area contributed by atoms with Crippen molar-refractivity contribution < 1.29 is 26.5 Å². The number of carbonyl (C=O) groups excluding carboxylic acids is 2. The number of hydrogen-bond acceptors (Lipinski definition) is 2. The number of hydrogen-bond donors (Lipinski definition) is 2. The summed E-state index contributed by atoms with van der Waals surface area (Å²) in [4.78, 5) is 21.1. The molecule has 0 aromatic heterocycles. The summed E-state index contributed by atoms with van der Waals surface area (Å²) in [6, 6.07) is 0.209. The average molecular weight is 320 g/mol. The van der Waals surface area contributed by atoms with Gasteiger partial charge >= 0.3 is 0 Å². The molecule has 124 valence electrons. The summed E-state index contributed by atoms with van der Waals surface area (Å²) in [6.07, 6.45) is 3.56. The Morgan fingerprint density at radius 3 is 1.86 bits per heavy atom. The van der Waals surface area contributed by atoms with Crippen LogP contribution in [0.15, 0.2) is 25.3 Å². The Kier molecular flexibility index (Phi) is 16.0. The number of rotatable bonds is 7. The van der Waals surface area contributed by atoms with Gasteiger partial charge in [-0.25, -0.2) is 0 Å². The third-order valence-electron chi connectivity index (χ3n) is 2.11. The van der Waals surface area contributed by atoms with E-state index in [-0.39, 0.29) is 30.3 Å². The van der Waals surface area contributed by atoms with Crippen molar-refractivity contribution in [1.29, 1.82) is 0 Å². The molecule has 0 bridgehead atoms. The standard InChI is InChI=1S/C9H18N2O.C6H11NO.ClH/c1-5-9(12)10-7-6-8-11(2,3)4;1-4-6(8)7-5(2)3;/h5H,1,6-8H2,2-4H3;4-5H,1H2,2-3H3,(H,7,8);1H. The summed E-state index contributed by atoms with van der Waals surface area (Å²) in [5.74, 6) is -0.198. The molecule has 21 heavy (non-hydrogen) atoms. The lowest BCUT2D eigenvalue weighted by Gasteiger charge is -2.23. The lowest BCUT2D eigenvalue weighted by atomic mass is 10.3. The first-order chi connectivity index (χ1) is 9.12. The molecule has 2 N–H and O–H groups in total. The maximum Gasteiger partial charge on any atom is 0.243 e. The van der Waals surface area contributed by atoms with Gasteiger partial charge in [-0.3, -0.25) is 9.59 Å². The van der Waals surface area contributed by atoms with Crippen molar-refractivity contribution in [1.82, 2.24) is 10.6 Å². The summed E-state index contributed by atoms with van der Waals surface area (Å²) >= 11 is 0. The number of nitrogens with one attached hydrogen (secondary N) is 2. The van der Waals surface area contributed by atoms with Gasteiger partial charge in [0.05, 0.1) is 27.7 Å². The number of nitrogens with zero attached hydrogens (tertiary/aromatic N) is 1. The predicted molar refractivity (Wildman–Crippen MR) is 84.2 cm³/mol. The molecule has 0 saturated heterocycles. The Bertz CT molecular complexity index is 323. The van der Waals surface area contributed by atoms with Crippen LogP contribution < -0.4 is 23.0 Å². The van der Waals surface area contributed by atoms with Crippen LogP contribution in [-0.2, 0) is 9.59 Å². The zero-order valence-electron chi connectivity index (χ0n) is 13.9. The van der Waals surface area contributed by atoms with Crippen LogP contribution in [0.3, 0.4) is 0 Å². The average Bonchev–Trinajstić information content (AvgIpc) is 2.33. The van der Waals surface area contributed by atoms with Crippen molar-refractivity contribution in [3.63, 3.8) is 0 Å². The Hall–Kier alpha value is -1.33. The molecule has 0 unspecified atom stereocenters. The highest BCUT2D eigenvalue weighted by Crippen LogP contribution is 1.91. The van der Waals surface area contributed by atoms with Crippen LogP contribution in [0, 0.1) is 0 Å². The maximum absolute atomic E-state index is 10.7. The van der Waals surface area contributed by atoms with Gasteiger partial charge in [-0.15, -0.1) is 0 Å². The molecule has 0 spiro atoms. The van der Waals surface area contributed by atoms with Gasteiger partial charge in [-0.2, -0.15) is 0 Å². The van der Waals surface area contributed by atoms with Gasteiger partial charge in [0.1, 0.15) is 0 Å². The number of amides is 2. The van der Waals surface area contributed by atoms with E-state index in [1.165, 1.54) is 12.2 Å². The third-order valence-corrected chi connectivity index (χ3v) is 2.11. The molecular formula is C15H30ClN3O2. The third kappa shape index (κ3) is 24.1. The lowest BCUT2D eigenvalue weighted by Crippen LogP contribution is -3.00. The van der Waals surface area contributed by atoms with E-state index in [0.29, 0.717) is 0 Å². The van der Waals surface area contributed by atoms with Crippen LogP contribution in [0.1, 0.15) is 20.3 Å². The van der Waals surface area contributed by atoms with Crippen LogP contribution in [0.25, 0.3) is 0 Å². The monoisotopic (exact) mass is 319 g/mol. The molecular weight excluding hydrogens is 290 g/mol. The fraction of sp³-hybridized carbons (Fsp3) is 0.600. The van der Waals surface area contributed by atoms with Crippen LogP contribution in [0.5, 0.6) is 0 Å². The molecule has 0 aliphatic heterocycles. The van der Waals surface area contributed by atoms with Crippen LogP contribution in [-0.4, -0.2) is 56.6 Å². The first-order valence-electron chi connectivity index (χ1n) is 6.76. The first kappa shape index (κ1) is 24.7. The topological polar surface area (TPSA) is 58.2 Å². The van der Waals surface area contributed by atoms with Gasteiger partial charge in [0.2, 0.25) is 11.8 Å². The maximum atomic E-state index is 10.7.